The van der Waals surface area contributed by atoms with Crippen molar-refractivity contribution in [1.29, 1.82) is 0 Å². The Labute approximate surface area is 101 Å². The second kappa shape index (κ2) is 5.27. The highest BCUT2D eigenvalue weighted by atomic mass is 35.5. The average Bonchev–Trinajstić information content (AvgIpc) is 2.71. The van der Waals surface area contributed by atoms with Crippen molar-refractivity contribution in [3.05, 3.63) is 39.4 Å². The predicted octanol–water partition coefficient (Wildman–Crippen LogP) is 2.75. The van der Waals surface area contributed by atoms with E-state index in [2.05, 4.69) is 5.32 Å². The fourth-order valence-electron chi connectivity index (χ4n) is 2.01. The Balaban J connectivity index is 0.00000128. The molecule has 0 saturated carbocycles. The van der Waals surface area contributed by atoms with Crippen molar-refractivity contribution in [2.45, 2.75) is 25.8 Å². The molecule has 1 aliphatic heterocycles. The van der Waals surface area contributed by atoms with Crippen LogP contribution in [-0.4, -0.2) is 11.5 Å². The van der Waals surface area contributed by atoms with Crippen LogP contribution >= 0.6 is 12.4 Å². The number of hydrogen-bond donors (Lipinski definition) is 1. The minimum absolute atomic E-state index is 0. The molecule has 88 valence electrons. The van der Waals surface area contributed by atoms with E-state index in [1.165, 1.54) is 0 Å². The summed E-state index contributed by atoms with van der Waals surface area (Å²) >= 11 is 0. The molecule has 0 bridgehead atoms. The van der Waals surface area contributed by atoms with Crippen molar-refractivity contribution in [3.63, 3.8) is 0 Å². The Bertz CT molecular complexity index is 390. The van der Waals surface area contributed by atoms with Crippen molar-refractivity contribution in [2.24, 2.45) is 0 Å². The molecular weight excluding hydrogens is 228 g/mol. The van der Waals surface area contributed by atoms with Crippen LogP contribution < -0.4 is 5.32 Å². The van der Waals surface area contributed by atoms with E-state index in [1.807, 2.05) is 12.1 Å². The van der Waals surface area contributed by atoms with Crippen LogP contribution in [0.15, 0.2) is 18.2 Å². The van der Waals surface area contributed by atoms with E-state index in [9.17, 15) is 10.1 Å². The van der Waals surface area contributed by atoms with Gasteiger partial charge in [0.1, 0.15) is 0 Å². The smallest absolute Gasteiger partial charge is 0.272 e. The Morgan fingerprint density at radius 3 is 2.81 bits per heavy atom. The molecule has 1 fully saturated rings. The fraction of sp³-hybridized carbons (Fsp3) is 0.455. The highest BCUT2D eigenvalue weighted by molar-refractivity contribution is 5.85. The normalized spacial score (nSPS) is 19.2. The molecule has 1 heterocycles. The van der Waals surface area contributed by atoms with Crippen molar-refractivity contribution >= 4 is 18.1 Å². The third kappa shape index (κ3) is 2.51. The van der Waals surface area contributed by atoms with Crippen LogP contribution in [0.5, 0.6) is 0 Å². The van der Waals surface area contributed by atoms with E-state index in [-0.39, 0.29) is 23.0 Å². The van der Waals surface area contributed by atoms with Crippen LogP contribution in [0.1, 0.15) is 30.0 Å². The van der Waals surface area contributed by atoms with Crippen molar-refractivity contribution < 1.29 is 4.92 Å². The third-order valence-electron chi connectivity index (χ3n) is 2.89. The Kier molecular flexibility index (Phi) is 4.26. The summed E-state index contributed by atoms with van der Waals surface area (Å²) in [5.41, 5.74) is 1.98. The number of benzene rings is 1. The fourth-order valence-corrected chi connectivity index (χ4v) is 2.01. The number of hydrogen-bond acceptors (Lipinski definition) is 3. The molecule has 1 aliphatic rings. The lowest BCUT2D eigenvalue weighted by Gasteiger charge is -2.10. The van der Waals surface area contributed by atoms with E-state index in [4.69, 9.17) is 0 Å². The van der Waals surface area contributed by atoms with Gasteiger partial charge in [0.2, 0.25) is 0 Å². The molecule has 16 heavy (non-hydrogen) atoms. The number of aryl methyl sites for hydroxylation is 1. The number of nitro benzene ring substituents is 1. The first-order chi connectivity index (χ1) is 7.18. The van der Waals surface area contributed by atoms with Gasteiger partial charge in [-0.3, -0.25) is 10.1 Å². The summed E-state index contributed by atoms with van der Waals surface area (Å²) in [4.78, 5) is 10.5. The maximum atomic E-state index is 10.8. The van der Waals surface area contributed by atoms with Gasteiger partial charge in [-0.25, -0.2) is 0 Å². The van der Waals surface area contributed by atoms with E-state index >= 15 is 0 Å². The van der Waals surface area contributed by atoms with Gasteiger partial charge in [-0.15, -0.1) is 12.4 Å². The van der Waals surface area contributed by atoms with Gasteiger partial charge in [-0.05, 0) is 31.9 Å². The molecule has 2 rings (SSSR count). The first kappa shape index (κ1) is 12.9. The lowest BCUT2D eigenvalue weighted by Crippen LogP contribution is -2.13. The minimum Gasteiger partial charge on any atom is -0.310 e. The molecule has 5 heteroatoms. The molecule has 1 atom stereocenters. The van der Waals surface area contributed by atoms with Gasteiger partial charge < -0.3 is 5.32 Å². The molecule has 4 nitrogen and oxygen atoms in total. The number of rotatable bonds is 2. The molecule has 0 amide bonds. The minimum atomic E-state index is -0.312. The maximum Gasteiger partial charge on any atom is 0.272 e. The highest BCUT2D eigenvalue weighted by Gasteiger charge is 2.19. The zero-order chi connectivity index (χ0) is 10.8. The van der Waals surface area contributed by atoms with Crippen LogP contribution in [0, 0.1) is 17.0 Å². The van der Waals surface area contributed by atoms with Gasteiger partial charge in [0.15, 0.2) is 0 Å². The first-order valence-corrected chi connectivity index (χ1v) is 5.17. The van der Waals surface area contributed by atoms with Crippen LogP contribution in [0.25, 0.3) is 0 Å². The predicted molar refractivity (Wildman–Crippen MR) is 65.1 cm³/mol. The van der Waals surface area contributed by atoms with Crippen LogP contribution in [0.3, 0.4) is 0 Å². The number of nitrogens with one attached hydrogen (secondary N) is 1. The van der Waals surface area contributed by atoms with E-state index in [1.54, 1.807) is 13.0 Å². The zero-order valence-electron chi connectivity index (χ0n) is 9.10. The number of nitrogens with zero attached hydrogens (tertiary/aromatic N) is 1. The number of halogens is 1. The molecule has 1 aromatic carbocycles. The quantitative estimate of drug-likeness (QED) is 0.641. The first-order valence-electron chi connectivity index (χ1n) is 5.17. The SMILES string of the molecule is Cc1ccc([C@@H]2CCCN2)cc1[N+](=O)[O-].Cl. The number of nitro groups is 1. The van der Waals surface area contributed by atoms with E-state index < -0.39 is 0 Å². The second-order valence-corrected chi connectivity index (χ2v) is 3.95. The van der Waals surface area contributed by atoms with E-state index in [0.717, 1.165) is 30.5 Å². The zero-order valence-corrected chi connectivity index (χ0v) is 9.92. The van der Waals surface area contributed by atoms with Gasteiger partial charge in [0, 0.05) is 17.7 Å². The molecule has 0 aromatic heterocycles. The second-order valence-electron chi connectivity index (χ2n) is 3.95. The van der Waals surface area contributed by atoms with Gasteiger partial charge in [-0.2, -0.15) is 0 Å². The van der Waals surface area contributed by atoms with Crippen LogP contribution in [0.4, 0.5) is 5.69 Å². The Morgan fingerprint density at radius 2 is 2.25 bits per heavy atom. The third-order valence-corrected chi connectivity index (χ3v) is 2.89. The molecule has 0 spiro atoms. The standard InChI is InChI=1S/C11H14N2O2.ClH/c1-8-4-5-9(7-11(8)13(14)15)10-3-2-6-12-10;/h4-5,7,10,12H,2-3,6H2,1H3;1H/t10-;/m0./s1. The summed E-state index contributed by atoms with van der Waals surface area (Å²) in [5.74, 6) is 0. The molecule has 1 saturated heterocycles. The molecular formula is C11H15ClN2O2. The Morgan fingerprint density at radius 1 is 1.50 bits per heavy atom. The summed E-state index contributed by atoms with van der Waals surface area (Å²) in [6.07, 6.45) is 2.21. The average molecular weight is 243 g/mol. The summed E-state index contributed by atoms with van der Waals surface area (Å²) in [7, 11) is 0. The van der Waals surface area contributed by atoms with Crippen LogP contribution in [0.2, 0.25) is 0 Å². The largest absolute Gasteiger partial charge is 0.310 e. The van der Waals surface area contributed by atoms with Gasteiger partial charge >= 0.3 is 0 Å². The van der Waals surface area contributed by atoms with Crippen molar-refractivity contribution in [3.8, 4) is 0 Å². The summed E-state index contributed by atoms with van der Waals surface area (Å²) in [6, 6.07) is 5.79. The summed E-state index contributed by atoms with van der Waals surface area (Å²) in [5, 5.41) is 14.1. The van der Waals surface area contributed by atoms with Crippen molar-refractivity contribution in [2.75, 3.05) is 6.54 Å². The molecule has 0 aliphatic carbocycles. The van der Waals surface area contributed by atoms with E-state index in [0.29, 0.717) is 6.04 Å². The summed E-state index contributed by atoms with van der Waals surface area (Å²) in [6.45, 7) is 2.77. The Hall–Kier alpha value is -1.13. The highest BCUT2D eigenvalue weighted by Crippen LogP contribution is 2.27. The molecule has 0 radical (unpaired) electrons. The topological polar surface area (TPSA) is 55.2 Å². The molecule has 1 N–H and O–H groups in total. The monoisotopic (exact) mass is 242 g/mol. The maximum absolute atomic E-state index is 10.8. The van der Waals surface area contributed by atoms with Gasteiger partial charge in [0.25, 0.3) is 5.69 Å². The van der Waals surface area contributed by atoms with Crippen molar-refractivity contribution in [1.82, 2.24) is 5.32 Å². The van der Waals surface area contributed by atoms with Crippen LogP contribution in [-0.2, 0) is 0 Å². The lowest BCUT2D eigenvalue weighted by molar-refractivity contribution is -0.385. The molecule has 0 unspecified atom stereocenters. The molecule has 1 aromatic rings. The van der Waals surface area contributed by atoms with Gasteiger partial charge in [0.05, 0.1) is 4.92 Å². The van der Waals surface area contributed by atoms with Gasteiger partial charge in [-0.1, -0.05) is 12.1 Å². The lowest BCUT2D eigenvalue weighted by atomic mass is 10.0. The summed E-state index contributed by atoms with van der Waals surface area (Å²) < 4.78 is 0.